The van der Waals surface area contributed by atoms with Gasteiger partial charge in [-0.05, 0) is 63.1 Å². The molecule has 1 saturated heterocycles. The lowest BCUT2D eigenvalue weighted by atomic mass is 9.95. The number of nitrogens with zero attached hydrogens (tertiary/aromatic N) is 3. The number of fused-ring (bicyclic) bond motifs is 1. The molecule has 0 saturated carbocycles. The fourth-order valence-corrected chi connectivity index (χ4v) is 5.22. The van der Waals surface area contributed by atoms with Crippen LogP contribution in [0.3, 0.4) is 0 Å². The molecule has 2 heterocycles. The molecule has 34 heavy (non-hydrogen) atoms. The van der Waals surface area contributed by atoms with E-state index in [0.717, 1.165) is 55.9 Å². The third kappa shape index (κ3) is 5.01. The highest BCUT2D eigenvalue weighted by molar-refractivity contribution is 5.80. The molecule has 0 atom stereocenters. The molecule has 1 aliphatic heterocycles. The van der Waals surface area contributed by atoms with Crippen molar-refractivity contribution in [3.8, 4) is 0 Å². The Hall–Kier alpha value is -3.15. The number of halogens is 1. The van der Waals surface area contributed by atoms with Crippen LogP contribution in [0.2, 0.25) is 0 Å². The van der Waals surface area contributed by atoms with E-state index in [1.807, 2.05) is 36.4 Å². The standard InChI is InChI=1S/C28H33FN4O/c29-24-11-5-4-10-23(24)20-33-26-13-7-6-12-25(26)31-28(33)32-18-15-22(16-19-32)27(34)30-17-14-21-8-2-1-3-9-21/h4-8,10-13,22H,1-3,9,14-20H2,(H,30,34). The van der Waals surface area contributed by atoms with Gasteiger partial charge in [0.05, 0.1) is 17.6 Å². The summed E-state index contributed by atoms with van der Waals surface area (Å²) in [5.74, 6) is 0.870. The van der Waals surface area contributed by atoms with Crippen LogP contribution in [0.25, 0.3) is 11.0 Å². The highest BCUT2D eigenvalue weighted by Gasteiger charge is 2.27. The first-order valence-electron chi connectivity index (χ1n) is 12.6. The third-order valence-electron chi connectivity index (χ3n) is 7.20. The van der Waals surface area contributed by atoms with Crippen LogP contribution in [-0.4, -0.2) is 35.1 Å². The predicted octanol–water partition coefficient (Wildman–Crippen LogP) is 5.45. The van der Waals surface area contributed by atoms with Crippen molar-refractivity contribution in [2.45, 2.75) is 51.5 Å². The fraction of sp³-hybridized carbons (Fsp3) is 0.429. The number of amides is 1. The van der Waals surface area contributed by atoms with Crippen molar-refractivity contribution in [3.05, 3.63) is 71.6 Å². The number of benzene rings is 2. The molecule has 1 fully saturated rings. The first-order chi connectivity index (χ1) is 16.7. The van der Waals surface area contributed by atoms with E-state index in [1.54, 1.807) is 6.07 Å². The number of hydrogen-bond acceptors (Lipinski definition) is 3. The van der Waals surface area contributed by atoms with Gasteiger partial charge in [-0.2, -0.15) is 0 Å². The monoisotopic (exact) mass is 460 g/mol. The molecular formula is C28H33FN4O. The van der Waals surface area contributed by atoms with E-state index in [4.69, 9.17) is 4.98 Å². The van der Waals surface area contributed by atoms with Crippen LogP contribution in [0, 0.1) is 11.7 Å². The van der Waals surface area contributed by atoms with E-state index in [0.29, 0.717) is 12.1 Å². The molecule has 1 N–H and O–H groups in total. The molecular weight excluding hydrogens is 427 g/mol. The average molecular weight is 461 g/mol. The van der Waals surface area contributed by atoms with E-state index in [9.17, 15) is 9.18 Å². The number of carbonyl (C=O) groups excluding carboxylic acids is 1. The maximum atomic E-state index is 14.4. The lowest BCUT2D eigenvalue weighted by Gasteiger charge is -2.32. The van der Waals surface area contributed by atoms with Crippen molar-refractivity contribution in [2.24, 2.45) is 5.92 Å². The summed E-state index contributed by atoms with van der Waals surface area (Å²) < 4.78 is 16.5. The van der Waals surface area contributed by atoms with Gasteiger partial charge in [0.1, 0.15) is 5.82 Å². The maximum absolute atomic E-state index is 14.4. The lowest BCUT2D eigenvalue weighted by Crippen LogP contribution is -2.41. The van der Waals surface area contributed by atoms with Crippen molar-refractivity contribution in [1.82, 2.24) is 14.9 Å². The Kier molecular flexibility index (Phi) is 6.93. The van der Waals surface area contributed by atoms with Gasteiger partial charge in [0.15, 0.2) is 0 Å². The van der Waals surface area contributed by atoms with E-state index in [1.165, 1.54) is 37.3 Å². The fourth-order valence-electron chi connectivity index (χ4n) is 5.22. The zero-order chi connectivity index (χ0) is 23.3. The number of anilines is 1. The van der Waals surface area contributed by atoms with Crippen molar-refractivity contribution in [1.29, 1.82) is 0 Å². The Bertz CT molecular complexity index is 1180. The summed E-state index contributed by atoms with van der Waals surface area (Å²) in [6, 6.07) is 14.9. The van der Waals surface area contributed by atoms with Gasteiger partial charge in [-0.15, -0.1) is 0 Å². The van der Waals surface area contributed by atoms with Gasteiger partial charge in [-0.25, -0.2) is 9.37 Å². The number of nitrogens with one attached hydrogen (secondary N) is 1. The molecule has 1 aromatic heterocycles. The van der Waals surface area contributed by atoms with Crippen LogP contribution >= 0.6 is 0 Å². The average Bonchev–Trinajstić information content (AvgIpc) is 3.24. The Morgan fingerprint density at radius 3 is 2.65 bits per heavy atom. The SMILES string of the molecule is O=C(NCCC1=CCCCC1)C1CCN(c2nc3ccccc3n2Cc2ccccc2F)CC1. The smallest absolute Gasteiger partial charge is 0.223 e. The number of hydrogen-bond donors (Lipinski definition) is 1. The largest absolute Gasteiger partial charge is 0.356 e. The second-order valence-corrected chi connectivity index (χ2v) is 9.49. The number of aromatic nitrogens is 2. The molecule has 0 radical (unpaired) electrons. The summed E-state index contributed by atoms with van der Waals surface area (Å²) >= 11 is 0. The highest BCUT2D eigenvalue weighted by Crippen LogP contribution is 2.28. The normalized spacial score (nSPS) is 17.1. The molecule has 5 rings (SSSR count). The number of para-hydroxylation sites is 2. The van der Waals surface area contributed by atoms with Crippen LogP contribution in [0.1, 0.15) is 50.5 Å². The molecule has 2 aliphatic rings. The first-order valence-corrected chi connectivity index (χ1v) is 12.6. The van der Waals surface area contributed by atoms with Gasteiger partial charge in [0.25, 0.3) is 0 Å². The molecule has 0 spiro atoms. The molecule has 1 aliphatic carbocycles. The van der Waals surface area contributed by atoms with Crippen LogP contribution in [-0.2, 0) is 11.3 Å². The number of piperidine rings is 1. The minimum absolute atomic E-state index is 0.0426. The van der Waals surface area contributed by atoms with Crippen molar-refractivity contribution < 1.29 is 9.18 Å². The van der Waals surface area contributed by atoms with Crippen LogP contribution in [0.4, 0.5) is 10.3 Å². The molecule has 6 heteroatoms. The summed E-state index contributed by atoms with van der Waals surface area (Å²) in [6.45, 7) is 2.70. The summed E-state index contributed by atoms with van der Waals surface area (Å²) in [6.07, 6.45) is 9.87. The topological polar surface area (TPSA) is 50.2 Å². The quantitative estimate of drug-likeness (QED) is 0.477. The van der Waals surface area contributed by atoms with Crippen LogP contribution in [0.5, 0.6) is 0 Å². The molecule has 3 aromatic rings. The van der Waals surface area contributed by atoms with Gasteiger partial charge >= 0.3 is 0 Å². The van der Waals surface area contributed by atoms with Gasteiger partial charge in [0.2, 0.25) is 11.9 Å². The Morgan fingerprint density at radius 1 is 1.06 bits per heavy atom. The van der Waals surface area contributed by atoms with Gasteiger partial charge in [0, 0.05) is 31.1 Å². The van der Waals surface area contributed by atoms with E-state index in [2.05, 4.69) is 20.9 Å². The second-order valence-electron chi connectivity index (χ2n) is 9.49. The Labute approximate surface area is 200 Å². The summed E-state index contributed by atoms with van der Waals surface area (Å²) in [7, 11) is 0. The second kappa shape index (κ2) is 10.4. The first kappa shape index (κ1) is 22.6. The molecule has 0 bridgehead atoms. The highest BCUT2D eigenvalue weighted by atomic mass is 19.1. The molecule has 0 unspecified atom stereocenters. The minimum atomic E-state index is -0.203. The zero-order valence-electron chi connectivity index (χ0n) is 19.7. The van der Waals surface area contributed by atoms with Crippen molar-refractivity contribution >= 4 is 22.9 Å². The van der Waals surface area contributed by atoms with Gasteiger partial charge < -0.3 is 14.8 Å². The number of imidazole rings is 1. The maximum Gasteiger partial charge on any atom is 0.223 e. The molecule has 178 valence electrons. The van der Waals surface area contributed by atoms with Gasteiger partial charge in [-0.3, -0.25) is 4.79 Å². The van der Waals surface area contributed by atoms with E-state index in [-0.39, 0.29) is 17.6 Å². The van der Waals surface area contributed by atoms with E-state index >= 15 is 0 Å². The molecule has 5 nitrogen and oxygen atoms in total. The molecule has 1 amide bonds. The molecule has 2 aromatic carbocycles. The van der Waals surface area contributed by atoms with Crippen LogP contribution < -0.4 is 10.2 Å². The van der Waals surface area contributed by atoms with Crippen molar-refractivity contribution in [3.63, 3.8) is 0 Å². The summed E-state index contributed by atoms with van der Waals surface area (Å²) in [5.41, 5.74) is 4.05. The third-order valence-corrected chi connectivity index (χ3v) is 7.20. The number of allylic oxidation sites excluding steroid dienone is 1. The zero-order valence-corrected chi connectivity index (χ0v) is 19.7. The van der Waals surface area contributed by atoms with E-state index < -0.39 is 0 Å². The Morgan fingerprint density at radius 2 is 1.85 bits per heavy atom. The lowest BCUT2D eigenvalue weighted by molar-refractivity contribution is -0.125. The summed E-state index contributed by atoms with van der Waals surface area (Å²) in [5, 5.41) is 3.17. The Balaban J connectivity index is 1.24. The number of rotatable bonds is 7. The predicted molar refractivity (Wildman–Crippen MR) is 134 cm³/mol. The van der Waals surface area contributed by atoms with Crippen LogP contribution in [0.15, 0.2) is 60.2 Å². The van der Waals surface area contributed by atoms with Crippen molar-refractivity contribution in [2.75, 3.05) is 24.5 Å². The van der Waals surface area contributed by atoms with Gasteiger partial charge in [-0.1, -0.05) is 42.0 Å². The number of carbonyl (C=O) groups is 1. The minimum Gasteiger partial charge on any atom is -0.356 e. The summed E-state index contributed by atoms with van der Waals surface area (Å²) in [4.78, 5) is 19.9.